The molecule has 1 atom stereocenters. The Kier molecular flexibility index (Phi) is 3.69. The molecule has 122 valence electrons. The molecule has 5 nitrogen and oxygen atoms in total. The standard InChI is InChI=1S/C19H19N3O2/c23-18-13-21(19(24)20-15-7-2-1-3-8-15)12-17-16-9-5-4-6-14(16)10-11-22(17)18/h1-9,17H,10-13H2,(H,20,24). The lowest BCUT2D eigenvalue weighted by Crippen LogP contribution is -2.56. The predicted molar refractivity (Wildman–Crippen MR) is 91.6 cm³/mol. The Morgan fingerprint density at radius 3 is 2.62 bits per heavy atom. The molecule has 3 amide bonds. The van der Waals surface area contributed by atoms with Gasteiger partial charge in [-0.3, -0.25) is 4.79 Å². The molecule has 4 rings (SSSR count). The van der Waals surface area contributed by atoms with Gasteiger partial charge in [-0.15, -0.1) is 0 Å². The highest BCUT2D eigenvalue weighted by molar-refractivity contribution is 5.93. The van der Waals surface area contributed by atoms with Crippen molar-refractivity contribution in [3.05, 3.63) is 65.7 Å². The van der Waals surface area contributed by atoms with Crippen LogP contribution >= 0.6 is 0 Å². The molecular formula is C19H19N3O2. The third kappa shape index (κ3) is 2.62. The molecule has 5 heteroatoms. The van der Waals surface area contributed by atoms with Gasteiger partial charge in [0.1, 0.15) is 6.54 Å². The maximum atomic E-state index is 12.5. The van der Waals surface area contributed by atoms with E-state index in [4.69, 9.17) is 0 Å². The average Bonchev–Trinajstić information content (AvgIpc) is 2.62. The highest BCUT2D eigenvalue weighted by atomic mass is 16.2. The van der Waals surface area contributed by atoms with E-state index in [9.17, 15) is 9.59 Å². The van der Waals surface area contributed by atoms with Crippen molar-refractivity contribution in [3.8, 4) is 0 Å². The lowest BCUT2D eigenvalue weighted by Gasteiger charge is -2.44. The molecule has 1 saturated heterocycles. The number of para-hydroxylation sites is 1. The molecule has 2 aliphatic rings. The summed E-state index contributed by atoms with van der Waals surface area (Å²) in [5.74, 6) is 0.0176. The summed E-state index contributed by atoms with van der Waals surface area (Å²) in [6.45, 7) is 1.40. The molecule has 0 radical (unpaired) electrons. The zero-order chi connectivity index (χ0) is 16.5. The topological polar surface area (TPSA) is 52.7 Å². The van der Waals surface area contributed by atoms with Gasteiger partial charge in [0.05, 0.1) is 6.04 Å². The SMILES string of the molecule is O=C(Nc1ccccc1)N1CC(=O)N2CCc3ccccc3C2C1. The maximum Gasteiger partial charge on any atom is 0.322 e. The minimum Gasteiger partial charge on any atom is -0.332 e. The molecule has 2 aromatic carbocycles. The minimum atomic E-state index is -0.225. The highest BCUT2D eigenvalue weighted by Crippen LogP contribution is 2.33. The first kappa shape index (κ1) is 14.8. The molecular weight excluding hydrogens is 302 g/mol. The molecule has 0 spiro atoms. The fourth-order valence-electron chi connectivity index (χ4n) is 3.55. The second kappa shape index (κ2) is 6.00. The van der Waals surface area contributed by atoms with Crippen molar-refractivity contribution in [2.24, 2.45) is 0 Å². The largest absolute Gasteiger partial charge is 0.332 e. The van der Waals surface area contributed by atoms with Crippen molar-refractivity contribution in [2.45, 2.75) is 12.5 Å². The number of anilines is 1. The van der Waals surface area contributed by atoms with Gasteiger partial charge in [-0.25, -0.2) is 4.79 Å². The van der Waals surface area contributed by atoms with Gasteiger partial charge in [-0.2, -0.15) is 0 Å². The Balaban J connectivity index is 1.56. The van der Waals surface area contributed by atoms with E-state index in [1.54, 1.807) is 4.90 Å². The number of hydrogen-bond donors (Lipinski definition) is 1. The third-order valence-corrected chi connectivity index (χ3v) is 4.76. The van der Waals surface area contributed by atoms with E-state index in [1.165, 1.54) is 5.56 Å². The van der Waals surface area contributed by atoms with Crippen molar-refractivity contribution >= 4 is 17.6 Å². The minimum absolute atomic E-state index is 0.0176. The molecule has 0 aliphatic carbocycles. The van der Waals surface area contributed by atoms with E-state index < -0.39 is 0 Å². The molecule has 0 saturated carbocycles. The molecule has 0 aromatic heterocycles. The van der Waals surface area contributed by atoms with Crippen molar-refractivity contribution in [2.75, 3.05) is 25.0 Å². The summed E-state index contributed by atoms with van der Waals surface area (Å²) in [5.41, 5.74) is 3.17. The summed E-state index contributed by atoms with van der Waals surface area (Å²) < 4.78 is 0. The van der Waals surface area contributed by atoms with Gasteiger partial charge in [-0.1, -0.05) is 42.5 Å². The van der Waals surface area contributed by atoms with Crippen LogP contribution in [0, 0.1) is 0 Å². The fraction of sp³-hybridized carbons (Fsp3) is 0.263. The van der Waals surface area contributed by atoms with Crippen molar-refractivity contribution in [1.82, 2.24) is 9.80 Å². The summed E-state index contributed by atoms with van der Waals surface area (Å²) in [6, 6.07) is 17.3. The van der Waals surface area contributed by atoms with Gasteiger partial charge in [0.15, 0.2) is 0 Å². The quantitative estimate of drug-likeness (QED) is 0.878. The van der Waals surface area contributed by atoms with Crippen LogP contribution in [0.1, 0.15) is 17.2 Å². The van der Waals surface area contributed by atoms with Gasteiger partial charge in [-0.05, 0) is 29.7 Å². The van der Waals surface area contributed by atoms with Crippen LogP contribution < -0.4 is 5.32 Å². The Hall–Kier alpha value is -2.82. The predicted octanol–water partition coefficient (Wildman–Crippen LogP) is 2.66. The monoisotopic (exact) mass is 321 g/mol. The van der Waals surface area contributed by atoms with Crippen molar-refractivity contribution in [1.29, 1.82) is 0 Å². The first-order chi connectivity index (χ1) is 11.7. The van der Waals surface area contributed by atoms with Gasteiger partial charge in [0.2, 0.25) is 5.91 Å². The van der Waals surface area contributed by atoms with Crippen LogP contribution in [-0.4, -0.2) is 41.4 Å². The maximum absolute atomic E-state index is 12.5. The zero-order valence-corrected chi connectivity index (χ0v) is 13.3. The summed E-state index contributed by atoms with van der Waals surface area (Å²) in [7, 11) is 0. The summed E-state index contributed by atoms with van der Waals surface area (Å²) in [4.78, 5) is 28.6. The molecule has 24 heavy (non-hydrogen) atoms. The van der Waals surface area contributed by atoms with Crippen molar-refractivity contribution in [3.63, 3.8) is 0 Å². The molecule has 2 heterocycles. The van der Waals surface area contributed by atoms with Crippen LogP contribution in [0.3, 0.4) is 0 Å². The van der Waals surface area contributed by atoms with Gasteiger partial charge < -0.3 is 15.1 Å². The first-order valence-corrected chi connectivity index (χ1v) is 8.20. The molecule has 1 unspecified atom stereocenters. The van der Waals surface area contributed by atoms with Crippen molar-refractivity contribution < 1.29 is 9.59 Å². The zero-order valence-electron chi connectivity index (χ0n) is 13.3. The van der Waals surface area contributed by atoms with Crippen LogP contribution in [0.25, 0.3) is 0 Å². The van der Waals surface area contributed by atoms with Gasteiger partial charge >= 0.3 is 6.03 Å². The summed E-state index contributed by atoms with van der Waals surface area (Å²) in [5, 5.41) is 2.87. The second-order valence-corrected chi connectivity index (χ2v) is 6.23. The summed E-state index contributed by atoms with van der Waals surface area (Å²) in [6.07, 6.45) is 0.884. The third-order valence-electron chi connectivity index (χ3n) is 4.76. The number of benzene rings is 2. The number of fused-ring (bicyclic) bond motifs is 3. The normalized spacial score (nSPS) is 19.5. The lowest BCUT2D eigenvalue weighted by atomic mass is 9.91. The number of rotatable bonds is 1. The Labute approximate surface area is 140 Å². The van der Waals surface area contributed by atoms with Crippen LogP contribution in [0.2, 0.25) is 0 Å². The van der Waals surface area contributed by atoms with Crippen LogP contribution in [-0.2, 0) is 11.2 Å². The van der Waals surface area contributed by atoms with E-state index in [-0.39, 0.29) is 24.5 Å². The van der Waals surface area contributed by atoms with E-state index in [1.807, 2.05) is 47.4 Å². The lowest BCUT2D eigenvalue weighted by molar-refractivity contribution is -0.139. The van der Waals surface area contributed by atoms with E-state index >= 15 is 0 Å². The number of amides is 3. The number of hydrogen-bond acceptors (Lipinski definition) is 2. The highest BCUT2D eigenvalue weighted by Gasteiger charge is 2.38. The number of urea groups is 1. The summed E-state index contributed by atoms with van der Waals surface area (Å²) >= 11 is 0. The Morgan fingerprint density at radius 1 is 1.04 bits per heavy atom. The van der Waals surface area contributed by atoms with Gasteiger partial charge in [0.25, 0.3) is 0 Å². The fourth-order valence-corrected chi connectivity index (χ4v) is 3.55. The van der Waals surface area contributed by atoms with Crippen LogP contribution in [0.15, 0.2) is 54.6 Å². The molecule has 1 N–H and O–H groups in total. The van der Waals surface area contributed by atoms with Crippen LogP contribution in [0.5, 0.6) is 0 Å². The number of carbonyl (C=O) groups excluding carboxylic acids is 2. The van der Waals surface area contributed by atoms with E-state index in [2.05, 4.69) is 17.4 Å². The Morgan fingerprint density at radius 2 is 1.79 bits per heavy atom. The Bertz CT molecular complexity index is 775. The molecule has 1 fully saturated rings. The molecule has 0 bridgehead atoms. The number of carbonyl (C=O) groups is 2. The average molecular weight is 321 g/mol. The second-order valence-electron chi connectivity index (χ2n) is 6.23. The van der Waals surface area contributed by atoms with Gasteiger partial charge in [0, 0.05) is 18.8 Å². The van der Waals surface area contributed by atoms with Crippen LogP contribution in [0.4, 0.5) is 10.5 Å². The van der Waals surface area contributed by atoms with E-state index in [0.29, 0.717) is 6.54 Å². The number of nitrogens with one attached hydrogen (secondary N) is 1. The first-order valence-electron chi connectivity index (χ1n) is 8.20. The number of piperazine rings is 1. The molecule has 2 aliphatic heterocycles. The number of nitrogens with zero attached hydrogens (tertiary/aromatic N) is 2. The molecule has 2 aromatic rings. The van der Waals surface area contributed by atoms with E-state index in [0.717, 1.165) is 24.2 Å². The smallest absolute Gasteiger partial charge is 0.322 e.